The Morgan fingerprint density at radius 3 is 2.58 bits per heavy atom. The number of nitrogens with two attached hydrogens (primary N) is 1. The summed E-state index contributed by atoms with van der Waals surface area (Å²) < 4.78 is 5.19. The lowest BCUT2D eigenvalue weighted by molar-refractivity contribution is 0.346. The predicted molar refractivity (Wildman–Crippen MR) is 76.2 cm³/mol. The molecule has 0 unspecified atom stereocenters. The van der Waals surface area contributed by atoms with Crippen molar-refractivity contribution in [3.63, 3.8) is 0 Å². The van der Waals surface area contributed by atoms with Gasteiger partial charge in [0.15, 0.2) is 0 Å². The van der Waals surface area contributed by atoms with Crippen LogP contribution in [0, 0.1) is 0 Å². The topological polar surface area (TPSA) is 64.9 Å². The van der Waals surface area contributed by atoms with E-state index in [0.29, 0.717) is 21.8 Å². The Morgan fingerprint density at radius 1 is 1.26 bits per heavy atom. The van der Waals surface area contributed by atoms with Gasteiger partial charge < -0.3 is 10.3 Å². The first-order valence-corrected chi connectivity index (χ1v) is 6.91. The summed E-state index contributed by atoms with van der Waals surface area (Å²) in [7, 11) is 0. The molecule has 1 aromatic heterocycles. The highest BCUT2D eigenvalue weighted by atomic mass is 35.5. The number of aromatic nitrogens is 2. The molecule has 4 nitrogen and oxygen atoms in total. The second-order valence-electron chi connectivity index (χ2n) is 4.36. The molecule has 0 spiro atoms. The van der Waals surface area contributed by atoms with E-state index >= 15 is 0 Å². The maximum atomic E-state index is 5.98. The Hall–Kier alpha value is -1.10. The van der Waals surface area contributed by atoms with E-state index in [9.17, 15) is 0 Å². The first kappa shape index (κ1) is 14.3. The molecule has 1 atom stereocenters. The minimum absolute atomic E-state index is 0.226. The van der Waals surface area contributed by atoms with Gasteiger partial charge in [-0.3, -0.25) is 0 Å². The number of halogens is 2. The highest BCUT2D eigenvalue weighted by Crippen LogP contribution is 2.26. The fraction of sp³-hybridized carbons (Fsp3) is 0.385. The molecular formula is C13H15Cl2N3O. The third kappa shape index (κ3) is 3.69. The van der Waals surface area contributed by atoms with Gasteiger partial charge in [0, 0.05) is 15.6 Å². The first-order chi connectivity index (χ1) is 9.10. The van der Waals surface area contributed by atoms with Crippen molar-refractivity contribution < 1.29 is 4.52 Å². The average molecular weight is 300 g/mol. The van der Waals surface area contributed by atoms with E-state index in [1.165, 1.54) is 0 Å². The molecule has 2 aromatic rings. The number of nitrogens with zero attached hydrogens (tertiary/aromatic N) is 2. The van der Waals surface area contributed by atoms with E-state index in [4.69, 9.17) is 33.5 Å². The second-order valence-corrected chi connectivity index (χ2v) is 5.24. The molecule has 102 valence electrons. The molecule has 6 heteroatoms. The maximum Gasteiger partial charge on any atom is 0.243 e. The van der Waals surface area contributed by atoms with Crippen molar-refractivity contribution in [3.8, 4) is 11.4 Å². The summed E-state index contributed by atoms with van der Waals surface area (Å²) in [6, 6.07) is 4.90. The summed E-state index contributed by atoms with van der Waals surface area (Å²) >= 11 is 11.9. The SMILES string of the molecule is CCCC[C@H](N)c1nc(-c2cc(Cl)cc(Cl)c2)no1. The maximum absolute atomic E-state index is 5.98. The molecule has 0 fully saturated rings. The molecular weight excluding hydrogens is 285 g/mol. The van der Waals surface area contributed by atoms with Crippen LogP contribution in [0.4, 0.5) is 0 Å². The molecule has 0 amide bonds. The van der Waals surface area contributed by atoms with Crippen LogP contribution in [0.25, 0.3) is 11.4 Å². The Bertz CT molecular complexity index is 536. The molecule has 0 aliphatic carbocycles. The molecule has 2 rings (SSSR count). The van der Waals surface area contributed by atoms with Gasteiger partial charge in [-0.1, -0.05) is 48.1 Å². The Balaban J connectivity index is 2.20. The van der Waals surface area contributed by atoms with Gasteiger partial charge >= 0.3 is 0 Å². The Morgan fingerprint density at radius 2 is 1.95 bits per heavy atom. The number of benzene rings is 1. The molecule has 0 bridgehead atoms. The number of rotatable bonds is 5. The van der Waals surface area contributed by atoms with Gasteiger partial charge in [-0.05, 0) is 24.6 Å². The zero-order valence-electron chi connectivity index (χ0n) is 10.6. The molecule has 0 aliphatic rings. The third-order valence-corrected chi connectivity index (χ3v) is 3.18. The quantitative estimate of drug-likeness (QED) is 0.897. The van der Waals surface area contributed by atoms with Crippen molar-refractivity contribution in [1.82, 2.24) is 10.1 Å². The minimum Gasteiger partial charge on any atom is -0.337 e. The van der Waals surface area contributed by atoms with Gasteiger partial charge in [-0.15, -0.1) is 0 Å². The van der Waals surface area contributed by atoms with Crippen LogP contribution in [0.15, 0.2) is 22.7 Å². The van der Waals surface area contributed by atoms with Crippen LogP contribution >= 0.6 is 23.2 Å². The summed E-state index contributed by atoms with van der Waals surface area (Å²) in [5, 5.41) is 4.98. The third-order valence-electron chi connectivity index (χ3n) is 2.75. The smallest absolute Gasteiger partial charge is 0.243 e. The second kappa shape index (κ2) is 6.37. The zero-order valence-corrected chi connectivity index (χ0v) is 12.1. The van der Waals surface area contributed by atoms with Crippen LogP contribution in [0.2, 0.25) is 10.0 Å². The van der Waals surface area contributed by atoms with E-state index in [0.717, 1.165) is 24.8 Å². The van der Waals surface area contributed by atoms with Crippen LogP contribution in [0.3, 0.4) is 0 Å². The molecule has 0 aliphatic heterocycles. The highest BCUT2D eigenvalue weighted by molar-refractivity contribution is 6.35. The summed E-state index contributed by atoms with van der Waals surface area (Å²) in [6.07, 6.45) is 2.94. The summed E-state index contributed by atoms with van der Waals surface area (Å²) in [4.78, 5) is 4.30. The van der Waals surface area contributed by atoms with E-state index in [-0.39, 0.29) is 6.04 Å². The van der Waals surface area contributed by atoms with Crippen molar-refractivity contribution in [2.45, 2.75) is 32.2 Å². The Kier molecular flexibility index (Phi) is 4.80. The van der Waals surface area contributed by atoms with E-state index in [2.05, 4.69) is 17.1 Å². The summed E-state index contributed by atoms with van der Waals surface area (Å²) in [5.74, 6) is 0.894. The molecule has 0 saturated carbocycles. The zero-order chi connectivity index (χ0) is 13.8. The van der Waals surface area contributed by atoms with Crippen LogP contribution in [-0.2, 0) is 0 Å². The van der Waals surface area contributed by atoms with Crippen molar-refractivity contribution in [2.24, 2.45) is 5.73 Å². The molecule has 1 heterocycles. The first-order valence-electron chi connectivity index (χ1n) is 6.15. The minimum atomic E-state index is -0.226. The van der Waals surface area contributed by atoms with Crippen LogP contribution in [0.5, 0.6) is 0 Å². The molecule has 19 heavy (non-hydrogen) atoms. The highest BCUT2D eigenvalue weighted by Gasteiger charge is 2.15. The van der Waals surface area contributed by atoms with E-state index in [1.807, 2.05) is 0 Å². The largest absolute Gasteiger partial charge is 0.337 e. The van der Waals surface area contributed by atoms with E-state index in [1.54, 1.807) is 18.2 Å². The van der Waals surface area contributed by atoms with Gasteiger partial charge in [0.25, 0.3) is 0 Å². The summed E-state index contributed by atoms with van der Waals surface area (Å²) in [6.45, 7) is 2.11. The molecule has 0 radical (unpaired) electrons. The standard InChI is InChI=1S/C13H15Cl2N3O/c1-2-3-4-11(16)13-17-12(18-19-13)8-5-9(14)7-10(15)6-8/h5-7,11H,2-4,16H2,1H3/t11-/m0/s1. The number of hydrogen-bond donors (Lipinski definition) is 1. The predicted octanol–water partition coefficient (Wildman–Crippen LogP) is 4.23. The van der Waals surface area contributed by atoms with Crippen molar-refractivity contribution >= 4 is 23.2 Å². The normalized spacial score (nSPS) is 12.6. The van der Waals surface area contributed by atoms with Crippen molar-refractivity contribution in [3.05, 3.63) is 34.1 Å². The van der Waals surface area contributed by atoms with Gasteiger partial charge in [0.05, 0.1) is 6.04 Å². The fourth-order valence-corrected chi connectivity index (χ4v) is 2.26. The molecule has 0 saturated heterocycles. The van der Waals surface area contributed by atoms with Gasteiger partial charge in [-0.25, -0.2) is 0 Å². The molecule has 1 aromatic carbocycles. The average Bonchev–Trinajstić information content (AvgIpc) is 2.84. The molecule has 2 N–H and O–H groups in total. The van der Waals surface area contributed by atoms with Gasteiger partial charge in [0.2, 0.25) is 11.7 Å². The number of hydrogen-bond acceptors (Lipinski definition) is 4. The lowest BCUT2D eigenvalue weighted by atomic mass is 10.1. The lowest BCUT2D eigenvalue weighted by Gasteiger charge is -2.03. The Labute approximate surface area is 121 Å². The van der Waals surface area contributed by atoms with Crippen LogP contribution < -0.4 is 5.73 Å². The van der Waals surface area contributed by atoms with Crippen molar-refractivity contribution in [1.29, 1.82) is 0 Å². The van der Waals surface area contributed by atoms with Crippen LogP contribution in [-0.4, -0.2) is 10.1 Å². The van der Waals surface area contributed by atoms with Crippen LogP contribution in [0.1, 0.15) is 38.1 Å². The number of unbranched alkanes of at least 4 members (excludes halogenated alkanes) is 1. The van der Waals surface area contributed by atoms with E-state index < -0.39 is 0 Å². The monoisotopic (exact) mass is 299 g/mol. The fourth-order valence-electron chi connectivity index (χ4n) is 1.73. The van der Waals surface area contributed by atoms with Crippen molar-refractivity contribution in [2.75, 3.05) is 0 Å². The lowest BCUT2D eigenvalue weighted by Crippen LogP contribution is -2.10. The van der Waals surface area contributed by atoms with Gasteiger partial charge in [0.1, 0.15) is 0 Å². The van der Waals surface area contributed by atoms with Gasteiger partial charge in [-0.2, -0.15) is 4.98 Å². The summed E-state index contributed by atoms with van der Waals surface area (Å²) in [5.41, 5.74) is 6.70.